The summed E-state index contributed by atoms with van der Waals surface area (Å²) in [6.45, 7) is 0. The monoisotopic (exact) mass is 452 g/mol. The van der Waals surface area contributed by atoms with Crippen molar-refractivity contribution in [1.82, 2.24) is 14.6 Å². The van der Waals surface area contributed by atoms with Gasteiger partial charge in [-0.15, -0.1) is 0 Å². The molecule has 2 aromatic carbocycles. The molecule has 164 valence electrons. The minimum absolute atomic E-state index is 0.372. The Labute approximate surface area is 184 Å². The van der Waals surface area contributed by atoms with Crippen molar-refractivity contribution in [2.45, 2.75) is 0 Å². The first-order valence-electron chi connectivity index (χ1n) is 9.40. The van der Waals surface area contributed by atoms with E-state index in [0.717, 1.165) is 6.26 Å². The number of nitriles is 1. The molecule has 4 aromatic rings. The van der Waals surface area contributed by atoms with Crippen molar-refractivity contribution in [3.8, 4) is 28.8 Å². The maximum absolute atomic E-state index is 11.6. The highest BCUT2D eigenvalue weighted by Crippen LogP contribution is 2.36. The van der Waals surface area contributed by atoms with Gasteiger partial charge in [0.2, 0.25) is 10.0 Å². The molecule has 0 aliphatic carbocycles. The number of nitrogens with one attached hydrogen (secondary N) is 3. The molecule has 0 amide bonds. The predicted octanol–water partition coefficient (Wildman–Crippen LogP) is 3.33. The van der Waals surface area contributed by atoms with Gasteiger partial charge in [-0.05, 0) is 24.3 Å². The van der Waals surface area contributed by atoms with Crippen LogP contribution in [0.25, 0.3) is 16.9 Å². The van der Waals surface area contributed by atoms with E-state index < -0.39 is 10.0 Å². The SMILES string of the molecule is COc1ccc(Nc2c(-c3cccc(NS(C)(=O)=O)c3)[nH]c3c(C#N)cnn23)cc1OC. The maximum Gasteiger partial charge on any atom is 0.229 e. The zero-order valence-electron chi connectivity index (χ0n) is 17.5. The molecule has 2 aromatic heterocycles. The van der Waals surface area contributed by atoms with E-state index in [1.807, 2.05) is 12.1 Å². The third kappa shape index (κ3) is 4.03. The second-order valence-corrected chi connectivity index (χ2v) is 8.68. The van der Waals surface area contributed by atoms with Crippen LogP contribution >= 0.6 is 0 Å². The molecular weight excluding hydrogens is 432 g/mol. The maximum atomic E-state index is 11.6. The van der Waals surface area contributed by atoms with Crippen LogP contribution in [0.2, 0.25) is 0 Å². The fraction of sp³-hybridized carbons (Fsp3) is 0.143. The lowest BCUT2D eigenvalue weighted by molar-refractivity contribution is 0.355. The van der Waals surface area contributed by atoms with Crippen molar-refractivity contribution >= 4 is 32.9 Å². The highest BCUT2D eigenvalue weighted by Gasteiger charge is 2.19. The first-order chi connectivity index (χ1) is 15.3. The van der Waals surface area contributed by atoms with E-state index in [1.54, 1.807) is 49.1 Å². The first-order valence-corrected chi connectivity index (χ1v) is 11.3. The largest absolute Gasteiger partial charge is 0.493 e. The van der Waals surface area contributed by atoms with Gasteiger partial charge in [0.25, 0.3) is 0 Å². The highest BCUT2D eigenvalue weighted by atomic mass is 32.2. The van der Waals surface area contributed by atoms with Gasteiger partial charge in [0.15, 0.2) is 23.0 Å². The molecule has 0 aliphatic rings. The summed E-state index contributed by atoms with van der Waals surface area (Å²) in [5.41, 5.74) is 3.30. The molecule has 0 aliphatic heterocycles. The van der Waals surface area contributed by atoms with Crippen LogP contribution in [0.5, 0.6) is 11.5 Å². The van der Waals surface area contributed by atoms with Gasteiger partial charge in [-0.3, -0.25) is 4.72 Å². The fourth-order valence-electron chi connectivity index (χ4n) is 3.33. The molecule has 0 unspecified atom stereocenters. The Bertz CT molecular complexity index is 1450. The van der Waals surface area contributed by atoms with Gasteiger partial charge in [-0.2, -0.15) is 14.9 Å². The van der Waals surface area contributed by atoms with Crippen LogP contribution in [0.15, 0.2) is 48.7 Å². The number of anilines is 3. The second-order valence-electron chi connectivity index (χ2n) is 6.93. The highest BCUT2D eigenvalue weighted by molar-refractivity contribution is 7.92. The van der Waals surface area contributed by atoms with Crippen LogP contribution in [0, 0.1) is 11.3 Å². The Morgan fingerprint density at radius 1 is 1.09 bits per heavy atom. The summed E-state index contributed by atoms with van der Waals surface area (Å²) in [7, 11) is -0.327. The Morgan fingerprint density at radius 2 is 1.88 bits per heavy atom. The number of ether oxygens (including phenoxy) is 2. The summed E-state index contributed by atoms with van der Waals surface area (Å²) < 4.78 is 38.0. The number of benzene rings is 2. The molecule has 0 saturated carbocycles. The van der Waals surface area contributed by atoms with Crippen LogP contribution in [0.4, 0.5) is 17.2 Å². The average Bonchev–Trinajstić information content (AvgIpc) is 3.32. The number of rotatable bonds is 7. The van der Waals surface area contributed by atoms with Gasteiger partial charge in [0.1, 0.15) is 11.6 Å². The van der Waals surface area contributed by atoms with Gasteiger partial charge in [0, 0.05) is 23.0 Å². The molecule has 0 atom stereocenters. The number of imidazole rings is 1. The number of fused-ring (bicyclic) bond motifs is 1. The van der Waals surface area contributed by atoms with Crippen LogP contribution in [-0.4, -0.2) is 43.5 Å². The zero-order chi connectivity index (χ0) is 22.9. The van der Waals surface area contributed by atoms with E-state index in [4.69, 9.17) is 9.47 Å². The Hall–Kier alpha value is -4.17. The van der Waals surface area contributed by atoms with Crippen molar-refractivity contribution in [2.75, 3.05) is 30.5 Å². The Morgan fingerprint density at radius 3 is 2.56 bits per heavy atom. The number of hydrogen-bond donors (Lipinski definition) is 3. The molecule has 0 saturated heterocycles. The molecular formula is C21H20N6O4S. The number of sulfonamides is 1. The molecule has 10 nitrogen and oxygen atoms in total. The zero-order valence-corrected chi connectivity index (χ0v) is 18.3. The molecule has 4 rings (SSSR count). The first kappa shape index (κ1) is 21.1. The minimum atomic E-state index is -3.44. The predicted molar refractivity (Wildman–Crippen MR) is 121 cm³/mol. The lowest BCUT2D eigenvalue weighted by Gasteiger charge is -2.12. The van der Waals surface area contributed by atoms with Crippen molar-refractivity contribution in [1.29, 1.82) is 5.26 Å². The number of methoxy groups -OCH3 is 2. The number of nitrogens with zero attached hydrogens (tertiary/aromatic N) is 3. The average molecular weight is 452 g/mol. The summed E-state index contributed by atoms with van der Waals surface area (Å²) in [6, 6.07) is 14.4. The summed E-state index contributed by atoms with van der Waals surface area (Å²) in [6.07, 6.45) is 2.56. The number of aromatic amines is 1. The third-order valence-corrected chi connectivity index (χ3v) is 5.29. The van der Waals surface area contributed by atoms with Crippen LogP contribution in [0.3, 0.4) is 0 Å². The molecule has 0 fully saturated rings. The standard InChI is InChI=1S/C21H20N6O4S/c1-30-17-8-7-15(10-18(17)31-2)24-21-19(25-20-14(11-22)12-23-27(20)21)13-5-4-6-16(9-13)26-32(3,28)29/h4-10,12,24-26H,1-3H3. The van der Waals surface area contributed by atoms with Crippen LogP contribution < -0.4 is 19.5 Å². The van der Waals surface area contributed by atoms with E-state index in [1.165, 1.54) is 6.20 Å². The number of hydrogen-bond acceptors (Lipinski definition) is 7. The van der Waals surface area contributed by atoms with Crippen molar-refractivity contribution in [3.05, 3.63) is 54.2 Å². The van der Waals surface area contributed by atoms with Gasteiger partial charge in [-0.1, -0.05) is 12.1 Å². The van der Waals surface area contributed by atoms with Crippen molar-refractivity contribution < 1.29 is 17.9 Å². The smallest absolute Gasteiger partial charge is 0.229 e. The van der Waals surface area contributed by atoms with Crippen molar-refractivity contribution in [3.63, 3.8) is 0 Å². The topological polar surface area (TPSA) is 134 Å². The molecule has 11 heteroatoms. The van der Waals surface area contributed by atoms with Gasteiger partial charge >= 0.3 is 0 Å². The van der Waals surface area contributed by atoms with Gasteiger partial charge in [0.05, 0.1) is 32.4 Å². The van der Waals surface area contributed by atoms with E-state index in [-0.39, 0.29) is 0 Å². The quantitative estimate of drug-likeness (QED) is 0.392. The van der Waals surface area contributed by atoms with Crippen molar-refractivity contribution in [2.24, 2.45) is 0 Å². The molecule has 0 spiro atoms. The summed E-state index contributed by atoms with van der Waals surface area (Å²) in [4.78, 5) is 3.22. The Kier molecular flexibility index (Phi) is 5.38. The molecule has 0 radical (unpaired) electrons. The molecule has 3 N–H and O–H groups in total. The fourth-order valence-corrected chi connectivity index (χ4v) is 3.89. The molecule has 2 heterocycles. The minimum Gasteiger partial charge on any atom is -0.493 e. The van der Waals surface area contributed by atoms with E-state index >= 15 is 0 Å². The van der Waals surface area contributed by atoms with Crippen LogP contribution in [0.1, 0.15) is 5.56 Å². The Balaban J connectivity index is 1.84. The lowest BCUT2D eigenvalue weighted by Crippen LogP contribution is -2.09. The summed E-state index contributed by atoms with van der Waals surface area (Å²) in [5, 5.41) is 17.1. The van der Waals surface area contributed by atoms with E-state index in [2.05, 4.69) is 26.2 Å². The molecule has 32 heavy (non-hydrogen) atoms. The van der Waals surface area contributed by atoms with Crippen LogP contribution in [-0.2, 0) is 10.0 Å². The molecule has 0 bridgehead atoms. The lowest BCUT2D eigenvalue weighted by atomic mass is 10.1. The third-order valence-electron chi connectivity index (χ3n) is 4.68. The normalized spacial score (nSPS) is 11.2. The number of aromatic nitrogens is 3. The summed E-state index contributed by atoms with van der Waals surface area (Å²) in [5.74, 6) is 1.69. The number of H-pyrrole nitrogens is 1. The second kappa shape index (κ2) is 8.16. The summed E-state index contributed by atoms with van der Waals surface area (Å²) >= 11 is 0. The van der Waals surface area contributed by atoms with E-state index in [0.29, 0.717) is 51.2 Å². The van der Waals surface area contributed by atoms with Gasteiger partial charge in [-0.25, -0.2) is 8.42 Å². The van der Waals surface area contributed by atoms with E-state index in [9.17, 15) is 13.7 Å². The van der Waals surface area contributed by atoms with Gasteiger partial charge < -0.3 is 19.8 Å².